The molecule has 2 saturated heterocycles. The number of amides is 1. The molecule has 1 unspecified atom stereocenters. The molecule has 0 aliphatic carbocycles. The van der Waals surface area contributed by atoms with Crippen molar-refractivity contribution in [1.29, 1.82) is 0 Å². The Morgan fingerprint density at radius 1 is 1.04 bits per heavy atom. The van der Waals surface area contributed by atoms with Gasteiger partial charge in [-0.15, -0.1) is 11.3 Å². The van der Waals surface area contributed by atoms with Crippen LogP contribution < -0.4 is 0 Å². The Labute approximate surface area is 159 Å². The van der Waals surface area contributed by atoms with Crippen molar-refractivity contribution in [2.24, 2.45) is 0 Å². The maximum absolute atomic E-state index is 12.6. The number of benzene rings is 1. The van der Waals surface area contributed by atoms with Crippen molar-refractivity contribution in [3.63, 3.8) is 0 Å². The summed E-state index contributed by atoms with van der Waals surface area (Å²) >= 11 is 1.70. The Bertz CT molecular complexity index is 761. The molecule has 3 heterocycles. The number of hydrogen-bond acceptors (Lipinski definition) is 3. The van der Waals surface area contributed by atoms with E-state index < -0.39 is 0 Å². The second-order valence-corrected chi connectivity index (χ2v) is 8.28. The standard InChI is InChI=1S/C22H26N2OS/c25-22(24-14-4-5-15-24)21-13-12-20(26-21)19-11-7-17-23(19)16-6-10-18-8-2-1-3-9-18/h1-3,6,8-10,12-13,19H,4-5,7,11,14-17H2/b10-6+. The van der Waals surface area contributed by atoms with Crippen molar-refractivity contribution in [2.75, 3.05) is 26.2 Å². The van der Waals surface area contributed by atoms with Gasteiger partial charge in [0.2, 0.25) is 0 Å². The normalized spacial score (nSPS) is 21.1. The highest BCUT2D eigenvalue weighted by Crippen LogP contribution is 2.36. The predicted octanol–water partition coefficient (Wildman–Crippen LogP) is 4.83. The van der Waals surface area contributed by atoms with Crippen molar-refractivity contribution in [2.45, 2.75) is 31.7 Å². The fourth-order valence-corrected chi connectivity index (χ4v) is 5.12. The highest BCUT2D eigenvalue weighted by Gasteiger charge is 2.28. The van der Waals surface area contributed by atoms with Crippen LogP contribution in [0.25, 0.3) is 6.08 Å². The molecular weight excluding hydrogens is 340 g/mol. The minimum absolute atomic E-state index is 0.229. The average molecular weight is 367 g/mol. The number of hydrogen-bond donors (Lipinski definition) is 0. The van der Waals surface area contributed by atoms with Gasteiger partial charge >= 0.3 is 0 Å². The zero-order valence-electron chi connectivity index (χ0n) is 15.1. The minimum atomic E-state index is 0.229. The van der Waals surface area contributed by atoms with Crippen molar-refractivity contribution in [3.8, 4) is 0 Å². The predicted molar refractivity (Wildman–Crippen MR) is 108 cm³/mol. The van der Waals surface area contributed by atoms with Crippen LogP contribution in [0.5, 0.6) is 0 Å². The Kier molecular flexibility index (Phi) is 5.51. The van der Waals surface area contributed by atoms with Gasteiger partial charge < -0.3 is 4.90 Å². The molecule has 1 aromatic heterocycles. The molecule has 0 saturated carbocycles. The fraction of sp³-hybridized carbons (Fsp3) is 0.409. The molecule has 2 aliphatic heterocycles. The first-order valence-corrected chi connectivity index (χ1v) is 10.5. The van der Waals surface area contributed by atoms with E-state index in [9.17, 15) is 4.79 Å². The molecule has 0 N–H and O–H groups in total. The van der Waals surface area contributed by atoms with E-state index in [-0.39, 0.29) is 5.91 Å². The average Bonchev–Trinajstić information content (AvgIpc) is 3.42. The fourth-order valence-electron chi connectivity index (χ4n) is 3.98. The molecular formula is C22H26N2OS. The van der Waals surface area contributed by atoms with Gasteiger partial charge in [-0.3, -0.25) is 9.69 Å². The van der Waals surface area contributed by atoms with E-state index in [4.69, 9.17) is 0 Å². The summed E-state index contributed by atoms with van der Waals surface area (Å²) < 4.78 is 0. The largest absolute Gasteiger partial charge is 0.338 e. The van der Waals surface area contributed by atoms with Crippen LogP contribution >= 0.6 is 11.3 Å². The molecule has 4 heteroatoms. The third kappa shape index (κ3) is 3.92. The van der Waals surface area contributed by atoms with Crippen LogP contribution in [-0.2, 0) is 0 Å². The first-order chi connectivity index (χ1) is 12.8. The lowest BCUT2D eigenvalue weighted by molar-refractivity contribution is 0.0797. The molecule has 0 bridgehead atoms. The molecule has 2 aromatic rings. The summed E-state index contributed by atoms with van der Waals surface area (Å²) in [7, 11) is 0. The zero-order chi connectivity index (χ0) is 17.8. The van der Waals surface area contributed by atoms with Crippen LogP contribution in [0, 0.1) is 0 Å². The van der Waals surface area contributed by atoms with E-state index in [0.717, 1.165) is 43.9 Å². The van der Waals surface area contributed by atoms with E-state index in [1.165, 1.54) is 23.3 Å². The second-order valence-electron chi connectivity index (χ2n) is 7.17. The molecule has 0 spiro atoms. The summed E-state index contributed by atoms with van der Waals surface area (Å²) in [6.45, 7) is 3.95. The van der Waals surface area contributed by atoms with Crippen LogP contribution in [-0.4, -0.2) is 41.9 Å². The molecule has 1 atom stereocenters. The smallest absolute Gasteiger partial charge is 0.263 e. The Morgan fingerprint density at radius 2 is 1.85 bits per heavy atom. The lowest BCUT2D eigenvalue weighted by atomic mass is 10.2. The molecule has 1 aromatic carbocycles. The summed E-state index contributed by atoms with van der Waals surface area (Å²) in [6, 6.07) is 15.1. The zero-order valence-corrected chi connectivity index (χ0v) is 16.0. The highest BCUT2D eigenvalue weighted by atomic mass is 32.1. The number of thiophene rings is 1. The van der Waals surface area contributed by atoms with Gasteiger partial charge in [-0.25, -0.2) is 0 Å². The number of carbonyl (C=O) groups excluding carboxylic acids is 1. The van der Waals surface area contributed by atoms with Gasteiger partial charge in [0.05, 0.1) is 4.88 Å². The van der Waals surface area contributed by atoms with E-state index >= 15 is 0 Å². The molecule has 2 aliphatic rings. The van der Waals surface area contributed by atoms with Gasteiger partial charge in [-0.2, -0.15) is 0 Å². The minimum Gasteiger partial charge on any atom is -0.338 e. The van der Waals surface area contributed by atoms with Gasteiger partial charge in [0.25, 0.3) is 5.91 Å². The SMILES string of the molecule is O=C(c1ccc(C2CCCN2C/C=C/c2ccccc2)s1)N1CCCC1. The van der Waals surface area contributed by atoms with Crippen LogP contribution in [0.2, 0.25) is 0 Å². The summed E-state index contributed by atoms with van der Waals surface area (Å²) in [5.41, 5.74) is 1.25. The molecule has 26 heavy (non-hydrogen) atoms. The maximum Gasteiger partial charge on any atom is 0.263 e. The summed E-state index contributed by atoms with van der Waals surface area (Å²) in [4.78, 5) is 19.4. The number of likely N-dealkylation sites (tertiary alicyclic amines) is 2. The first kappa shape index (κ1) is 17.5. The molecule has 0 radical (unpaired) electrons. The Hall–Kier alpha value is -1.91. The van der Waals surface area contributed by atoms with Crippen molar-refractivity contribution < 1.29 is 4.79 Å². The molecule has 1 amide bonds. The maximum atomic E-state index is 12.6. The van der Waals surface area contributed by atoms with Crippen molar-refractivity contribution in [3.05, 3.63) is 63.9 Å². The van der Waals surface area contributed by atoms with Crippen molar-refractivity contribution in [1.82, 2.24) is 9.80 Å². The van der Waals surface area contributed by atoms with Crippen molar-refractivity contribution >= 4 is 23.3 Å². The number of rotatable bonds is 5. The van der Waals surface area contributed by atoms with Crippen LogP contribution in [0.3, 0.4) is 0 Å². The van der Waals surface area contributed by atoms with Crippen LogP contribution in [0.4, 0.5) is 0 Å². The number of nitrogens with zero attached hydrogens (tertiary/aromatic N) is 2. The third-order valence-corrected chi connectivity index (χ3v) is 6.55. The third-order valence-electron chi connectivity index (χ3n) is 5.37. The molecule has 136 valence electrons. The highest BCUT2D eigenvalue weighted by molar-refractivity contribution is 7.14. The lowest BCUT2D eigenvalue weighted by Gasteiger charge is -2.22. The van der Waals surface area contributed by atoms with E-state index in [1.807, 2.05) is 17.0 Å². The van der Waals surface area contributed by atoms with E-state index in [0.29, 0.717) is 6.04 Å². The van der Waals surface area contributed by atoms with Crippen LogP contribution in [0.1, 0.15) is 51.8 Å². The summed E-state index contributed by atoms with van der Waals surface area (Å²) in [6.07, 6.45) is 9.18. The van der Waals surface area contributed by atoms with Gasteiger partial charge in [-0.1, -0.05) is 42.5 Å². The quantitative estimate of drug-likeness (QED) is 0.756. The van der Waals surface area contributed by atoms with Gasteiger partial charge in [-0.05, 0) is 49.9 Å². The lowest BCUT2D eigenvalue weighted by Crippen LogP contribution is -2.26. The summed E-state index contributed by atoms with van der Waals surface area (Å²) in [5, 5.41) is 0. The number of carbonyl (C=O) groups is 1. The molecule has 3 nitrogen and oxygen atoms in total. The van der Waals surface area contributed by atoms with E-state index in [1.54, 1.807) is 11.3 Å². The van der Waals surface area contributed by atoms with E-state index in [2.05, 4.69) is 47.4 Å². The first-order valence-electron chi connectivity index (χ1n) is 9.66. The van der Waals surface area contributed by atoms with Gasteiger partial charge in [0, 0.05) is 30.6 Å². The second kappa shape index (κ2) is 8.19. The monoisotopic (exact) mass is 366 g/mol. The Balaban J connectivity index is 1.40. The summed E-state index contributed by atoms with van der Waals surface area (Å²) in [5.74, 6) is 0.229. The van der Waals surface area contributed by atoms with Gasteiger partial charge in [0.1, 0.15) is 0 Å². The molecule has 4 rings (SSSR count). The topological polar surface area (TPSA) is 23.6 Å². The van der Waals surface area contributed by atoms with Gasteiger partial charge in [0.15, 0.2) is 0 Å². The van der Waals surface area contributed by atoms with Crippen LogP contribution in [0.15, 0.2) is 48.5 Å². The molecule has 2 fully saturated rings. The Morgan fingerprint density at radius 3 is 2.65 bits per heavy atom.